The molecule has 0 heterocycles. The van der Waals surface area contributed by atoms with Crippen LogP contribution in [0.2, 0.25) is 0 Å². The number of carboxylic acids is 2. The van der Waals surface area contributed by atoms with Gasteiger partial charge in [-0.15, -0.1) is 0 Å². The molecule has 162 valence electrons. The van der Waals surface area contributed by atoms with Crippen LogP contribution in [-0.2, 0) is 9.59 Å². The van der Waals surface area contributed by atoms with E-state index in [2.05, 4.69) is 10.6 Å². The zero-order valence-corrected chi connectivity index (χ0v) is 17.8. The monoisotopic (exact) mass is 396 g/mol. The maximum Gasteiger partial charge on any atom is 0.330 e. The number of rotatable bonds is 19. The number of unbranched alkanes of at least 4 members (excludes halogenated alkanes) is 7. The molecule has 0 unspecified atom stereocenters. The Labute approximate surface area is 170 Å². The Bertz CT molecular complexity index is 443. The molecule has 0 aliphatic rings. The zero-order valence-electron chi connectivity index (χ0n) is 17.8. The highest BCUT2D eigenvalue weighted by Crippen LogP contribution is 2.03. The van der Waals surface area contributed by atoms with Crippen molar-refractivity contribution in [3.8, 4) is 0 Å². The molecular formula is C22H40N2O4. The highest BCUT2D eigenvalue weighted by Gasteiger charge is 1.98. The molecule has 6 nitrogen and oxygen atoms in total. The average Bonchev–Trinajstić information content (AvgIpc) is 2.66. The molecule has 0 aromatic carbocycles. The van der Waals surface area contributed by atoms with Gasteiger partial charge in [-0.05, 0) is 91.4 Å². The molecule has 28 heavy (non-hydrogen) atoms. The van der Waals surface area contributed by atoms with E-state index in [4.69, 9.17) is 10.2 Å². The summed E-state index contributed by atoms with van der Waals surface area (Å²) < 4.78 is 0. The molecule has 0 spiro atoms. The Balaban J connectivity index is 3.22. The molecule has 0 amide bonds. The van der Waals surface area contributed by atoms with E-state index in [0.29, 0.717) is 11.1 Å². The van der Waals surface area contributed by atoms with Crippen molar-refractivity contribution >= 4 is 11.9 Å². The first-order valence-corrected chi connectivity index (χ1v) is 10.7. The van der Waals surface area contributed by atoms with Gasteiger partial charge in [0, 0.05) is 11.1 Å². The molecule has 0 atom stereocenters. The third-order valence-corrected chi connectivity index (χ3v) is 4.65. The molecule has 0 bridgehead atoms. The summed E-state index contributed by atoms with van der Waals surface area (Å²) in [5.74, 6) is -1.65. The van der Waals surface area contributed by atoms with Crippen LogP contribution in [0.1, 0.15) is 78.1 Å². The Morgan fingerprint density at radius 3 is 1.25 bits per heavy atom. The van der Waals surface area contributed by atoms with Crippen molar-refractivity contribution in [1.82, 2.24) is 10.6 Å². The highest BCUT2D eigenvalue weighted by molar-refractivity contribution is 5.86. The number of carbonyl (C=O) groups is 2. The SMILES string of the molecule is CC(=CCCCCNCCCCCCNCCCCC=C(C)C(=O)O)C(=O)O. The second kappa shape index (κ2) is 18.7. The van der Waals surface area contributed by atoms with Gasteiger partial charge in [0.15, 0.2) is 0 Å². The number of nitrogens with one attached hydrogen (secondary N) is 2. The molecule has 0 aromatic heterocycles. The van der Waals surface area contributed by atoms with Crippen LogP contribution in [0.4, 0.5) is 0 Å². The summed E-state index contributed by atoms with van der Waals surface area (Å²) in [5.41, 5.74) is 0.871. The zero-order chi connectivity index (χ0) is 21.0. The minimum atomic E-state index is -0.825. The number of carboxylic acid groups (broad SMARTS) is 2. The molecule has 0 aliphatic heterocycles. The molecule has 0 radical (unpaired) electrons. The number of aliphatic carboxylic acids is 2. The van der Waals surface area contributed by atoms with Crippen molar-refractivity contribution in [3.63, 3.8) is 0 Å². The third kappa shape index (κ3) is 17.7. The van der Waals surface area contributed by atoms with Crippen LogP contribution in [0.25, 0.3) is 0 Å². The van der Waals surface area contributed by atoms with Gasteiger partial charge in [-0.1, -0.05) is 25.0 Å². The summed E-state index contributed by atoms with van der Waals surface area (Å²) in [6.07, 6.45) is 14.4. The van der Waals surface area contributed by atoms with Gasteiger partial charge in [0.2, 0.25) is 0 Å². The van der Waals surface area contributed by atoms with Crippen LogP contribution < -0.4 is 10.6 Å². The summed E-state index contributed by atoms with van der Waals surface area (Å²) in [5, 5.41) is 24.4. The minimum absolute atomic E-state index is 0.436. The van der Waals surface area contributed by atoms with E-state index in [1.54, 1.807) is 26.0 Å². The third-order valence-electron chi connectivity index (χ3n) is 4.65. The molecule has 0 aliphatic carbocycles. The topological polar surface area (TPSA) is 98.7 Å². The summed E-state index contributed by atoms with van der Waals surface area (Å²) in [7, 11) is 0. The van der Waals surface area contributed by atoms with E-state index in [-0.39, 0.29) is 0 Å². The fraction of sp³-hybridized carbons (Fsp3) is 0.727. The summed E-state index contributed by atoms with van der Waals surface area (Å²) in [6.45, 7) is 7.39. The van der Waals surface area contributed by atoms with Crippen LogP contribution in [0, 0.1) is 0 Å². The van der Waals surface area contributed by atoms with E-state index >= 15 is 0 Å². The highest BCUT2D eigenvalue weighted by atomic mass is 16.4. The second-order valence-electron chi connectivity index (χ2n) is 7.29. The maximum absolute atomic E-state index is 10.6. The first kappa shape index (κ1) is 26.3. The van der Waals surface area contributed by atoms with E-state index < -0.39 is 11.9 Å². The Morgan fingerprint density at radius 1 is 0.607 bits per heavy atom. The lowest BCUT2D eigenvalue weighted by molar-refractivity contribution is -0.133. The summed E-state index contributed by atoms with van der Waals surface area (Å²) >= 11 is 0. The second-order valence-corrected chi connectivity index (χ2v) is 7.29. The molecule has 0 saturated carbocycles. The van der Waals surface area contributed by atoms with Crippen molar-refractivity contribution in [3.05, 3.63) is 23.3 Å². The van der Waals surface area contributed by atoms with Gasteiger partial charge in [-0.25, -0.2) is 9.59 Å². The lowest BCUT2D eigenvalue weighted by Gasteiger charge is -2.06. The van der Waals surface area contributed by atoms with Crippen LogP contribution in [0.15, 0.2) is 23.3 Å². The Kier molecular flexibility index (Phi) is 17.6. The van der Waals surface area contributed by atoms with Crippen molar-refractivity contribution < 1.29 is 19.8 Å². The lowest BCUT2D eigenvalue weighted by Crippen LogP contribution is -2.17. The van der Waals surface area contributed by atoms with E-state index in [1.165, 1.54) is 25.7 Å². The molecule has 0 aromatic rings. The van der Waals surface area contributed by atoms with Gasteiger partial charge in [0.1, 0.15) is 0 Å². The standard InChI is InChI=1S/C22H40N2O4/c1-19(21(25)26)13-7-5-11-17-23-15-9-3-4-10-16-24-18-12-6-8-14-20(2)22(27)28/h13-14,23-24H,3-12,15-18H2,1-2H3,(H,25,26)(H,27,28). The van der Waals surface area contributed by atoms with Gasteiger partial charge in [-0.3, -0.25) is 0 Å². The molecule has 0 saturated heterocycles. The van der Waals surface area contributed by atoms with Crippen LogP contribution in [0.3, 0.4) is 0 Å². The predicted molar refractivity (Wildman–Crippen MR) is 115 cm³/mol. The van der Waals surface area contributed by atoms with Crippen molar-refractivity contribution in [2.75, 3.05) is 26.2 Å². The van der Waals surface area contributed by atoms with Gasteiger partial charge >= 0.3 is 11.9 Å². The fourth-order valence-electron chi connectivity index (χ4n) is 2.70. The molecule has 4 N–H and O–H groups in total. The molecule has 6 heteroatoms. The molecule has 0 fully saturated rings. The largest absolute Gasteiger partial charge is 0.478 e. The fourth-order valence-corrected chi connectivity index (χ4v) is 2.70. The number of allylic oxidation sites excluding steroid dienone is 2. The van der Waals surface area contributed by atoms with Crippen LogP contribution in [0.5, 0.6) is 0 Å². The number of hydrogen-bond donors (Lipinski definition) is 4. The predicted octanol–water partition coefficient (Wildman–Crippen LogP) is 4.13. The first-order chi connectivity index (χ1) is 13.4. The van der Waals surface area contributed by atoms with Crippen LogP contribution in [-0.4, -0.2) is 48.3 Å². The summed E-state index contributed by atoms with van der Waals surface area (Å²) in [4.78, 5) is 21.3. The number of hydrogen-bond acceptors (Lipinski definition) is 4. The lowest BCUT2D eigenvalue weighted by atomic mass is 10.1. The summed E-state index contributed by atoms with van der Waals surface area (Å²) in [6, 6.07) is 0. The van der Waals surface area contributed by atoms with Crippen LogP contribution >= 0.6 is 0 Å². The minimum Gasteiger partial charge on any atom is -0.478 e. The van der Waals surface area contributed by atoms with E-state index in [9.17, 15) is 9.59 Å². The maximum atomic E-state index is 10.6. The van der Waals surface area contributed by atoms with Gasteiger partial charge in [0.25, 0.3) is 0 Å². The smallest absolute Gasteiger partial charge is 0.330 e. The van der Waals surface area contributed by atoms with Crippen molar-refractivity contribution in [2.45, 2.75) is 78.1 Å². The average molecular weight is 397 g/mol. The van der Waals surface area contributed by atoms with Gasteiger partial charge < -0.3 is 20.8 Å². The Morgan fingerprint density at radius 2 is 0.929 bits per heavy atom. The van der Waals surface area contributed by atoms with Gasteiger partial charge in [0.05, 0.1) is 0 Å². The quantitative estimate of drug-likeness (QED) is 0.194. The molecular weight excluding hydrogens is 356 g/mol. The van der Waals surface area contributed by atoms with E-state index in [0.717, 1.165) is 64.7 Å². The van der Waals surface area contributed by atoms with Crippen molar-refractivity contribution in [1.29, 1.82) is 0 Å². The van der Waals surface area contributed by atoms with E-state index in [1.807, 2.05) is 0 Å². The molecule has 0 rings (SSSR count). The van der Waals surface area contributed by atoms with Gasteiger partial charge in [-0.2, -0.15) is 0 Å². The Hall–Kier alpha value is -1.66. The van der Waals surface area contributed by atoms with Crippen molar-refractivity contribution in [2.24, 2.45) is 0 Å². The first-order valence-electron chi connectivity index (χ1n) is 10.7. The normalized spacial score (nSPS) is 12.4.